The first-order chi connectivity index (χ1) is 11.2. The van der Waals surface area contributed by atoms with Gasteiger partial charge in [0, 0.05) is 24.2 Å². The number of benzene rings is 1. The molecule has 23 heavy (non-hydrogen) atoms. The van der Waals surface area contributed by atoms with Crippen molar-refractivity contribution in [3.63, 3.8) is 0 Å². The number of aromatic nitrogens is 1. The highest BCUT2D eigenvalue weighted by atomic mass is 16.3. The van der Waals surface area contributed by atoms with Gasteiger partial charge in [-0.15, -0.1) is 6.58 Å². The maximum atomic E-state index is 11.0. The molecule has 4 unspecified atom stereocenters. The number of phenolic OH excluding ortho intramolecular Hbond substituents is 1. The number of hydrogen-bond acceptors (Lipinski definition) is 4. The van der Waals surface area contributed by atoms with E-state index in [-0.39, 0.29) is 11.8 Å². The van der Waals surface area contributed by atoms with E-state index in [2.05, 4.69) is 22.5 Å². The molecule has 3 aliphatic rings. The minimum absolute atomic E-state index is 0.137. The number of pyridine rings is 1. The standard InChI is InChI=1S/C19H22N2O2/c1-2-12-11-21-8-6-13(12)9-18(21)19(23)15-5-7-20-17-4-3-14(22)10-16(15)17/h2-5,7,10,12-13,18-19,22-23H,1,6,8-9,11H2/t12-,13?,18?,19?/m0/s1. The van der Waals surface area contributed by atoms with Crippen molar-refractivity contribution < 1.29 is 10.2 Å². The van der Waals surface area contributed by atoms with Crippen LogP contribution in [0.5, 0.6) is 5.75 Å². The Morgan fingerprint density at radius 2 is 2.22 bits per heavy atom. The monoisotopic (exact) mass is 310 g/mol. The number of nitrogens with zero attached hydrogens (tertiary/aromatic N) is 2. The molecule has 4 heteroatoms. The van der Waals surface area contributed by atoms with Gasteiger partial charge in [-0.3, -0.25) is 9.88 Å². The first-order valence-electron chi connectivity index (χ1n) is 8.29. The molecule has 2 bridgehead atoms. The van der Waals surface area contributed by atoms with Gasteiger partial charge in [-0.1, -0.05) is 6.08 Å². The fourth-order valence-corrected chi connectivity index (χ4v) is 4.33. The Morgan fingerprint density at radius 1 is 1.35 bits per heavy atom. The number of rotatable bonds is 3. The van der Waals surface area contributed by atoms with Crippen molar-refractivity contribution in [3.8, 4) is 5.75 Å². The van der Waals surface area contributed by atoms with Gasteiger partial charge in [-0.25, -0.2) is 0 Å². The van der Waals surface area contributed by atoms with Crippen LogP contribution in [-0.4, -0.2) is 39.2 Å². The van der Waals surface area contributed by atoms with Crippen LogP contribution in [0.4, 0.5) is 0 Å². The fourth-order valence-electron chi connectivity index (χ4n) is 4.33. The maximum Gasteiger partial charge on any atom is 0.116 e. The molecule has 0 aliphatic carbocycles. The summed E-state index contributed by atoms with van der Waals surface area (Å²) in [5.41, 5.74) is 1.66. The molecule has 1 aromatic carbocycles. The molecular formula is C19H22N2O2. The number of fused-ring (bicyclic) bond motifs is 4. The Labute approximate surface area is 136 Å². The molecule has 4 heterocycles. The quantitative estimate of drug-likeness (QED) is 0.856. The van der Waals surface area contributed by atoms with Crippen LogP contribution in [-0.2, 0) is 0 Å². The Morgan fingerprint density at radius 3 is 2.96 bits per heavy atom. The van der Waals surface area contributed by atoms with Gasteiger partial charge >= 0.3 is 0 Å². The average Bonchev–Trinajstić information content (AvgIpc) is 2.60. The van der Waals surface area contributed by atoms with Crippen molar-refractivity contribution in [3.05, 3.63) is 48.7 Å². The molecule has 0 spiro atoms. The van der Waals surface area contributed by atoms with Crippen LogP contribution in [0.3, 0.4) is 0 Å². The normalized spacial score (nSPS) is 31.2. The highest BCUT2D eigenvalue weighted by Crippen LogP contribution is 2.42. The van der Waals surface area contributed by atoms with E-state index < -0.39 is 6.10 Å². The Kier molecular flexibility index (Phi) is 3.58. The summed E-state index contributed by atoms with van der Waals surface area (Å²) < 4.78 is 0. The second-order valence-electron chi connectivity index (χ2n) is 6.79. The number of aliphatic hydroxyl groups excluding tert-OH is 1. The summed E-state index contributed by atoms with van der Waals surface area (Å²) in [7, 11) is 0. The van der Waals surface area contributed by atoms with Gasteiger partial charge in [-0.05, 0) is 61.1 Å². The highest BCUT2D eigenvalue weighted by Gasteiger charge is 2.42. The van der Waals surface area contributed by atoms with Crippen molar-refractivity contribution >= 4 is 10.9 Å². The summed E-state index contributed by atoms with van der Waals surface area (Å²) in [4.78, 5) is 6.73. The van der Waals surface area contributed by atoms with E-state index in [9.17, 15) is 10.2 Å². The summed E-state index contributed by atoms with van der Waals surface area (Å²) in [6.07, 6.45) is 5.44. The molecule has 5 rings (SSSR count). The lowest BCUT2D eigenvalue weighted by molar-refractivity contribution is -0.0444. The molecule has 2 aromatic rings. The third-order valence-electron chi connectivity index (χ3n) is 5.60. The van der Waals surface area contributed by atoms with Crippen molar-refractivity contribution in [1.82, 2.24) is 9.88 Å². The molecular weight excluding hydrogens is 288 g/mol. The van der Waals surface area contributed by atoms with Crippen LogP contribution >= 0.6 is 0 Å². The van der Waals surface area contributed by atoms with Crippen LogP contribution in [0.2, 0.25) is 0 Å². The molecule has 0 radical (unpaired) electrons. The number of hydrogen-bond donors (Lipinski definition) is 2. The molecule has 4 nitrogen and oxygen atoms in total. The number of phenols is 1. The summed E-state index contributed by atoms with van der Waals surface area (Å²) in [5, 5.41) is 21.7. The van der Waals surface area contributed by atoms with E-state index in [0.29, 0.717) is 11.8 Å². The van der Waals surface area contributed by atoms with Crippen LogP contribution in [0, 0.1) is 11.8 Å². The predicted octanol–water partition coefficient (Wildman–Crippen LogP) is 2.87. The molecule has 0 amide bonds. The van der Waals surface area contributed by atoms with Gasteiger partial charge < -0.3 is 10.2 Å². The van der Waals surface area contributed by atoms with Crippen LogP contribution in [0.15, 0.2) is 43.1 Å². The average molecular weight is 310 g/mol. The molecule has 120 valence electrons. The molecule has 3 fully saturated rings. The number of aliphatic hydroxyl groups is 1. The van der Waals surface area contributed by atoms with Crippen LogP contribution in [0.25, 0.3) is 10.9 Å². The van der Waals surface area contributed by atoms with E-state index in [1.165, 1.54) is 6.42 Å². The largest absolute Gasteiger partial charge is 0.508 e. The Hall–Kier alpha value is -1.91. The molecule has 3 saturated heterocycles. The molecule has 0 saturated carbocycles. The third-order valence-corrected chi connectivity index (χ3v) is 5.60. The third kappa shape index (κ3) is 2.42. The molecule has 1 aromatic heterocycles. The van der Waals surface area contributed by atoms with Gasteiger partial charge in [0.25, 0.3) is 0 Å². The van der Waals surface area contributed by atoms with Gasteiger partial charge in [0.2, 0.25) is 0 Å². The summed E-state index contributed by atoms with van der Waals surface area (Å²) in [6, 6.07) is 7.14. The lowest BCUT2D eigenvalue weighted by atomic mass is 9.73. The van der Waals surface area contributed by atoms with Crippen molar-refractivity contribution in [1.29, 1.82) is 0 Å². The second kappa shape index (κ2) is 5.62. The lowest BCUT2D eigenvalue weighted by Crippen LogP contribution is -2.54. The topological polar surface area (TPSA) is 56.6 Å². The van der Waals surface area contributed by atoms with Crippen molar-refractivity contribution in [2.24, 2.45) is 11.8 Å². The van der Waals surface area contributed by atoms with E-state index in [1.54, 1.807) is 24.4 Å². The van der Waals surface area contributed by atoms with Gasteiger partial charge in [0.1, 0.15) is 5.75 Å². The number of piperidine rings is 3. The zero-order valence-corrected chi connectivity index (χ0v) is 13.1. The highest BCUT2D eigenvalue weighted by molar-refractivity contribution is 5.83. The van der Waals surface area contributed by atoms with Crippen LogP contribution in [0.1, 0.15) is 24.5 Å². The van der Waals surface area contributed by atoms with Crippen molar-refractivity contribution in [2.75, 3.05) is 13.1 Å². The first kappa shape index (κ1) is 14.7. The van der Waals surface area contributed by atoms with Crippen molar-refractivity contribution in [2.45, 2.75) is 25.0 Å². The Bertz CT molecular complexity index is 745. The van der Waals surface area contributed by atoms with E-state index >= 15 is 0 Å². The van der Waals surface area contributed by atoms with Crippen LogP contribution < -0.4 is 0 Å². The predicted molar refractivity (Wildman–Crippen MR) is 90.1 cm³/mol. The molecule has 2 N–H and O–H groups in total. The SMILES string of the molecule is C=C[C@H]1CN2CCC1CC2C(O)c1ccnc2ccc(O)cc12. The first-order valence-corrected chi connectivity index (χ1v) is 8.29. The van der Waals surface area contributed by atoms with Gasteiger partial charge in [0.15, 0.2) is 0 Å². The lowest BCUT2D eigenvalue weighted by Gasteiger charge is -2.50. The summed E-state index contributed by atoms with van der Waals surface area (Å²) in [5.74, 6) is 1.38. The van der Waals surface area contributed by atoms with E-state index in [4.69, 9.17) is 0 Å². The summed E-state index contributed by atoms with van der Waals surface area (Å²) in [6.45, 7) is 5.99. The van der Waals surface area contributed by atoms with Gasteiger partial charge in [-0.2, -0.15) is 0 Å². The van der Waals surface area contributed by atoms with Gasteiger partial charge in [0.05, 0.1) is 11.6 Å². The fraction of sp³-hybridized carbons (Fsp3) is 0.421. The van der Waals surface area contributed by atoms with E-state index in [1.807, 2.05) is 6.07 Å². The number of aromatic hydroxyl groups is 1. The summed E-state index contributed by atoms with van der Waals surface area (Å²) >= 11 is 0. The smallest absolute Gasteiger partial charge is 0.116 e. The minimum Gasteiger partial charge on any atom is -0.508 e. The Balaban J connectivity index is 1.69. The maximum absolute atomic E-state index is 11.0. The zero-order chi connectivity index (χ0) is 16.0. The molecule has 5 atom stereocenters. The zero-order valence-electron chi connectivity index (χ0n) is 13.1. The molecule has 3 aliphatic heterocycles. The minimum atomic E-state index is -0.559. The van der Waals surface area contributed by atoms with E-state index in [0.717, 1.165) is 36.0 Å². The second-order valence-corrected chi connectivity index (χ2v) is 6.79.